The summed E-state index contributed by atoms with van der Waals surface area (Å²) in [6, 6.07) is 18.9. The lowest BCUT2D eigenvalue weighted by Crippen LogP contribution is -2.39. The molecule has 1 fully saturated rings. The number of aliphatic hydroxyl groups is 1. The number of benzene rings is 2. The molecule has 1 saturated heterocycles. The van der Waals surface area contributed by atoms with Gasteiger partial charge in [0, 0.05) is 54.5 Å². The first-order valence-corrected chi connectivity index (χ1v) is 10.9. The minimum Gasteiger partial charge on any atom is -0.388 e. The minimum atomic E-state index is -0.530. The van der Waals surface area contributed by atoms with E-state index in [2.05, 4.69) is 9.88 Å². The van der Waals surface area contributed by atoms with Crippen molar-refractivity contribution in [1.82, 2.24) is 9.88 Å². The number of piperidine rings is 1. The van der Waals surface area contributed by atoms with E-state index >= 15 is 0 Å². The van der Waals surface area contributed by atoms with E-state index in [9.17, 15) is 9.90 Å². The first-order chi connectivity index (χ1) is 15.0. The Morgan fingerprint density at radius 1 is 1.00 bits per heavy atom. The third kappa shape index (κ3) is 4.89. The van der Waals surface area contributed by atoms with Gasteiger partial charge < -0.3 is 14.9 Å². The number of aliphatic hydroxyl groups excluding tert-OH is 1. The minimum absolute atomic E-state index is 0.0394. The molecule has 0 spiro atoms. The summed E-state index contributed by atoms with van der Waals surface area (Å²) >= 11 is 5.94. The van der Waals surface area contributed by atoms with Gasteiger partial charge in [0.05, 0.1) is 6.10 Å². The normalized spacial score (nSPS) is 15.5. The van der Waals surface area contributed by atoms with Gasteiger partial charge in [-0.25, -0.2) is 0 Å². The highest BCUT2D eigenvalue weighted by Gasteiger charge is 2.28. The fourth-order valence-electron chi connectivity index (χ4n) is 4.08. The molecule has 1 amide bonds. The third-order valence-electron chi connectivity index (χ3n) is 6.04. The van der Waals surface area contributed by atoms with E-state index in [0.717, 1.165) is 29.8 Å². The largest absolute Gasteiger partial charge is 0.388 e. The molecule has 1 N–H and O–H groups in total. The van der Waals surface area contributed by atoms with Gasteiger partial charge in [0.25, 0.3) is 5.91 Å². The van der Waals surface area contributed by atoms with Gasteiger partial charge in [-0.15, -0.1) is 0 Å². The van der Waals surface area contributed by atoms with Crippen LogP contribution in [0.15, 0.2) is 73.1 Å². The summed E-state index contributed by atoms with van der Waals surface area (Å²) in [4.78, 5) is 20.9. The summed E-state index contributed by atoms with van der Waals surface area (Å²) in [6.07, 6.45) is 4.54. The lowest BCUT2D eigenvalue weighted by Gasteiger charge is -2.34. The van der Waals surface area contributed by atoms with Gasteiger partial charge in [-0.3, -0.25) is 9.78 Å². The highest BCUT2D eigenvalue weighted by atomic mass is 35.5. The molecule has 1 atom stereocenters. The average Bonchev–Trinajstić information content (AvgIpc) is 2.84. The Hall–Kier alpha value is -2.89. The number of hydrogen-bond acceptors (Lipinski definition) is 4. The number of pyridine rings is 1. The van der Waals surface area contributed by atoms with Crippen molar-refractivity contribution < 1.29 is 9.90 Å². The van der Waals surface area contributed by atoms with Crippen molar-refractivity contribution in [3.8, 4) is 0 Å². The van der Waals surface area contributed by atoms with E-state index in [0.29, 0.717) is 23.7 Å². The van der Waals surface area contributed by atoms with Gasteiger partial charge in [-0.1, -0.05) is 23.7 Å². The average molecular weight is 436 g/mol. The van der Waals surface area contributed by atoms with Gasteiger partial charge in [0.15, 0.2) is 0 Å². The van der Waals surface area contributed by atoms with E-state index in [4.69, 9.17) is 11.6 Å². The fraction of sp³-hybridized carbons (Fsp3) is 0.280. The summed E-state index contributed by atoms with van der Waals surface area (Å²) in [5.74, 6) is 0.180. The third-order valence-corrected chi connectivity index (χ3v) is 6.29. The molecule has 2 heterocycles. The molecule has 5 nitrogen and oxygen atoms in total. The number of amides is 1. The van der Waals surface area contributed by atoms with Crippen LogP contribution in [0.3, 0.4) is 0 Å². The van der Waals surface area contributed by atoms with Crippen molar-refractivity contribution in [2.24, 2.45) is 5.92 Å². The monoisotopic (exact) mass is 435 g/mol. The van der Waals surface area contributed by atoms with Crippen molar-refractivity contribution in [1.29, 1.82) is 0 Å². The van der Waals surface area contributed by atoms with E-state index in [1.807, 2.05) is 60.5 Å². The van der Waals surface area contributed by atoms with Crippen LogP contribution in [0.2, 0.25) is 5.02 Å². The summed E-state index contributed by atoms with van der Waals surface area (Å²) in [7, 11) is 1.99. The lowest BCUT2D eigenvalue weighted by atomic mass is 9.87. The van der Waals surface area contributed by atoms with Crippen LogP contribution in [0.25, 0.3) is 0 Å². The Bertz CT molecular complexity index is 1000. The number of aromatic nitrogens is 1. The van der Waals surface area contributed by atoms with Crippen molar-refractivity contribution in [3.63, 3.8) is 0 Å². The fourth-order valence-corrected chi connectivity index (χ4v) is 4.20. The van der Waals surface area contributed by atoms with Crippen LogP contribution in [0, 0.1) is 5.92 Å². The zero-order valence-electron chi connectivity index (χ0n) is 17.5. The first-order valence-electron chi connectivity index (χ1n) is 10.5. The highest BCUT2D eigenvalue weighted by Crippen LogP contribution is 2.32. The molecule has 0 radical (unpaired) electrons. The van der Waals surface area contributed by atoms with Crippen molar-refractivity contribution in [3.05, 3.63) is 89.2 Å². The van der Waals surface area contributed by atoms with Crippen LogP contribution in [-0.2, 0) is 0 Å². The molecular weight excluding hydrogens is 410 g/mol. The first kappa shape index (κ1) is 21.3. The molecule has 160 valence electrons. The van der Waals surface area contributed by atoms with Crippen LogP contribution >= 0.6 is 11.6 Å². The van der Waals surface area contributed by atoms with Crippen LogP contribution in [-0.4, -0.2) is 41.0 Å². The Morgan fingerprint density at radius 3 is 2.19 bits per heavy atom. The molecule has 6 heteroatoms. The van der Waals surface area contributed by atoms with Gasteiger partial charge in [0.1, 0.15) is 0 Å². The van der Waals surface area contributed by atoms with Gasteiger partial charge in [-0.05, 0) is 72.9 Å². The molecule has 1 aliphatic heterocycles. The molecular formula is C25H26ClN3O2. The Balaban J connectivity index is 1.36. The zero-order valence-corrected chi connectivity index (χ0v) is 18.2. The van der Waals surface area contributed by atoms with Crippen LogP contribution < -0.4 is 4.90 Å². The van der Waals surface area contributed by atoms with Gasteiger partial charge >= 0.3 is 0 Å². The smallest absolute Gasteiger partial charge is 0.253 e. The summed E-state index contributed by atoms with van der Waals surface area (Å²) in [5, 5.41) is 11.4. The molecule has 3 aromatic rings. The Labute approximate surface area is 187 Å². The van der Waals surface area contributed by atoms with Crippen LogP contribution in [0.4, 0.5) is 11.4 Å². The molecule has 0 aliphatic carbocycles. The predicted molar refractivity (Wildman–Crippen MR) is 124 cm³/mol. The van der Waals surface area contributed by atoms with Gasteiger partial charge in [0.2, 0.25) is 0 Å². The number of likely N-dealkylation sites (tertiary alicyclic amines) is 1. The number of anilines is 2. The molecule has 0 saturated carbocycles. The predicted octanol–water partition coefficient (Wildman–Crippen LogP) is 5.09. The molecule has 4 rings (SSSR count). The topological polar surface area (TPSA) is 56.7 Å². The maximum Gasteiger partial charge on any atom is 0.253 e. The van der Waals surface area contributed by atoms with Crippen molar-refractivity contribution in [2.45, 2.75) is 18.9 Å². The van der Waals surface area contributed by atoms with E-state index in [1.54, 1.807) is 24.5 Å². The second-order valence-electron chi connectivity index (χ2n) is 7.94. The highest BCUT2D eigenvalue weighted by molar-refractivity contribution is 6.30. The van der Waals surface area contributed by atoms with E-state index in [1.165, 1.54) is 0 Å². The second-order valence-corrected chi connectivity index (χ2v) is 8.37. The number of carbonyl (C=O) groups is 1. The summed E-state index contributed by atoms with van der Waals surface area (Å²) in [5.41, 5.74) is 3.61. The molecule has 1 aromatic heterocycles. The summed E-state index contributed by atoms with van der Waals surface area (Å²) in [6.45, 7) is 1.29. The quantitative estimate of drug-likeness (QED) is 0.606. The molecule has 31 heavy (non-hydrogen) atoms. The van der Waals surface area contributed by atoms with Gasteiger partial charge in [-0.2, -0.15) is 0 Å². The van der Waals surface area contributed by atoms with Crippen molar-refractivity contribution >= 4 is 28.9 Å². The second kappa shape index (κ2) is 9.50. The number of hydrogen-bond donors (Lipinski definition) is 1. The number of halogens is 1. The Kier molecular flexibility index (Phi) is 6.54. The summed E-state index contributed by atoms with van der Waals surface area (Å²) < 4.78 is 0. The molecule has 1 aliphatic rings. The zero-order chi connectivity index (χ0) is 21.8. The number of nitrogens with zero attached hydrogens (tertiary/aromatic N) is 3. The number of rotatable bonds is 5. The van der Waals surface area contributed by atoms with E-state index < -0.39 is 6.10 Å². The lowest BCUT2D eigenvalue weighted by molar-refractivity contribution is 0.0462. The van der Waals surface area contributed by atoms with E-state index in [-0.39, 0.29) is 11.8 Å². The maximum absolute atomic E-state index is 13.0. The number of carbonyl (C=O) groups excluding carboxylic acids is 1. The van der Waals surface area contributed by atoms with Crippen LogP contribution in [0.5, 0.6) is 0 Å². The Morgan fingerprint density at radius 2 is 1.58 bits per heavy atom. The van der Waals surface area contributed by atoms with Crippen LogP contribution in [0.1, 0.15) is 34.9 Å². The SMILES string of the molecule is CN(c1ccncc1)c1ccc(C(=O)N2CCC(C(O)c3ccc(Cl)cc3)CC2)cc1. The molecule has 1 unspecified atom stereocenters. The standard InChI is InChI=1S/C25H26ClN3O2/c1-28(23-10-14-27-15-11-23)22-8-4-20(5-9-22)25(31)29-16-12-19(13-17-29)24(30)18-2-6-21(26)7-3-18/h2-11,14-15,19,24,30H,12-13,16-17H2,1H3. The molecule has 0 bridgehead atoms. The maximum atomic E-state index is 13.0. The van der Waals surface area contributed by atoms with Crippen molar-refractivity contribution in [2.75, 3.05) is 25.0 Å². The molecule has 2 aromatic carbocycles.